The highest BCUT2D eigenvalue weighted by Gasteiger charge is 2.37. The fourth-order valence-corrected chi connectivity index (χ4v) is 4.10. The zero-order valence-electron chi connectivity index (χ0n) is 16.3. The largest absolute Gasteiger partial charge is 0.460 e. The van der Waals surface area contributed by atoms with Gasteiger partial charge in [0.15, 0.2) is 11.4 Å². The van der Waals surface area contributed by atoms with Gasteiger partial charge in [0, 0.05) is 50.7 Å². The first kappa shape index (κ1) is 17.2. The molecule has 3 aromatic heterocycles. The van der Waals surface area contributed by atoms with Crippen LogP contribution in [0, 0.1) is 0 Å². The maximum atomic E-state index is 5.65. The first-order valence-corrected chi connectivity index (χ1v) is 9.92. The summed E-state index contributed by atoms with van der Waals surface area (Å²) in [5, 5.41) is 9.50. The van der Waals surface area contributed by atoms with E-state index in [-0.39, 0.29) is 0 Å². The van der Waals surface area contributed by atoms with Crippen LogP contribution >= 0.6 is 0 Å². The zero-order valence-corrected chi connectivity index (χ0v) is 16.3. The van der Waals surface area contributed by atoms with Crippen LogP contribution in [-0.4, -0.2) is 59.4 Å². The Morgan fingerprint density at radius 1 is 1.04 bits per heavy atom. The third-order valence-electron chi connectivity index (χ3n) is 5.71. The van der Waals surface area contributed by atoms with Gasteiger partial charge in [0.2, 0.25) is 0 Å². The summed E-state index contributed by atoms with van der Waals surface area (Å²) < 4.78 is 5.65. The van der Waals surface area contributed by atoms with Crippen molar-refractivity contribution in [1.29, 1.82) is 0 Å². The number of aromatic nitrogens is 4. The van der Waals surface area contributed by atoms with E-state index in [1.54, 1.807) is 18.8 Å². The predicted octanol–water partition coefficient (Wildman–Crippen LogP) is 2.72. The average molecular weight is 379 g/mol. The van der Waals surface area contributed by atoms with Gasteiger partial charge in [0.25, 0.3) is 0 Å². The van der Waals surface area contributed by atoms with Crippen molar-refractivity contribution in [3.63, 3.8) is 0 Å². The summed E-state index contributed by atoms with van der Waals surface area (Å²) in [6, 6.07) is 5.14. The minimum absolute atomic E-state index is 0.484. The number of furan rings is 1. The lowest BCUT2D eigenvalue weighted by Crippen LogP contribution is -2.46. The Balaban J connectivity index is 1.35. The van der Waals surface area contributed by atoms with Gasteiger partial charge in [0.05, 0.1) is 12.5 Å². The molecule has 3 aromatic rings. The van der Waals surface area contributed by atoms with Crippen LogP contribution < -0.4 is 14.7 Å². The van der Waals surface area contributed by atoms with Crippen molar-refractivity contribution in [2.45, 2.75) is 37.8 Å². The van der Waals surface area contributed by atoms with E-state index in [1.807, 2.05) is 25.1 Å². The molecule has 8 nitrogen and oxygen atoms in total. The van der Waals surface area contributed by atoms with Gasteiger partial charge in [-0.05, 0) is 31.7 Å². The maximum absolute atomic E-state index is 5.65. The Bertz CT molecular complexity index is 960. The summed E-state index contributed by atoms with van der Waals surface area (Å²) in [5.74, 6) is 2.86. The monoisotopic (exact) mass is 379 g/mol. The highest BCUT2D eigenvalue weighted by molar-refractivity contribution is 5.86. The van der Waals surface area contributed by atoms with Crippen LogP contribution in [0.2, 0.25) is 0 Å². The Kier molecular flexibility index (Phi) is 4.26. The van der Waals surface area contributed by atoms with E-state index in [2.05, 4.69) is 36.0 Å². The standard InChI is InChI=1S/C20H25N7O/c1-25(2)17-11-18(22-13-21-17)27(15-3-4-15)16-5-8-26(9-6-16)20-19-14(7-10-28-19)12-23-24-20/h7,10-13,15-16H,3-6,8-9H2,1-2H3. The van der Waals surface area contributed by atoms with E-state index in [0.717, 1.165) is 54.4 Å². The second-order valence-electron chi connectivity index (χ2n) is 7.86. The first-order chi connectivity index (χ1) is 13.7. The van der Waals surface area contributed by atoms with Crippen molar-refractivity contribution >= 4 is 28.4 Å². The van der Waals surface area contributed by atoms with Crippen molar-refractivity contribution in [2.24, 2.45) is 0 Å². The molecule has 0 bridgehead atoms. The van der Waals surface area contributed by atoms with Crippen LogP contribution in [-0.2, 0) is 0 Å². The van der Waals surface area contributed by atoms with Gasteiger partial charge < -0.3 is 19.1 Å². The molecule has 1 saturated carbocycles. The molecule has 0 radical (unpaired) electrons. The predicted molar refractivity (Wildman–Crippen MR) is 109 cm³/mol. The Morgan fingerprint density at radius 2 is 1.79 bits per heavy atom. The molecular weight excluding hydrogens is 354 g/mol. The smallest absolute Gasteiger partial charge is 0.195 e. The van der Waals surface area contributed by atoms with Gasteiger partial charge in [-0.1, -0.05) is 0 Å². The summed E-state index contributed by atoms with van der Waals surface area (Å²) in [6.45, 7) is 1.88. The quantitative estimate of drug-likeness (QED) is 0.670. The van der Waals surface area contributed by atoms with Crippen molar-refractivity contribution in [2.75, 3.05) is 41.9 Å². The molecule has 4 heterocycles. The number of fused-ring (bicyclic) bond motifs is 1. The molecule has 146 valence electrons. The molecule has 2 aliphatic rings. The highest BCUT2D eigenvalue weighted by atomic mass is 16.3. The lowest BCUT2D eigenvalue weighted by molar-refractivity contribution is 0.456. The van der Waals surface area contributed by atoms with Gasteiger partial charge in [-0.2, -0.15) is 5.10 Å². The molecule has 0 amide bonds. The van der Waals surface area contributed by atoms with Gasteiger partial charge in [-0.3, -0.25) is 0 Å². The van der Waals surface area contributed by atoms with Crippen molar-refractivity contribution < 1.29 is 4.42 Å². The Hall–Kier alpha value is -2.90. The van der Waals surface area contributed by atoms with E-state index in [9.17, 15) is 0 Å². The molecule has 1 aliphatic heterocycles. The van der Waals surface area contributed by atoms with Crippen molar-refractivity contribution in [3.8, 4) is 0 Å². The molecule has 0 unspecified atom stereocenters. The molecule has 8 heteroatoms. The molecule has 0 atom stereocenters. The number of hydrogen-bond acceptors (Lipinski definition) is 8. The van der Waals surface area contributed by atoms with Crippen LogP contribution in [0.25, 0.3) is 11.0 Å². The first-order valence-electron chi connectivity index (χ1n) is 9.92. The minimum Gasteiger partial charge on any atom is -0.460 e. The van der Waals surface area contributed by atoms with Crippen LogP contribution in [0.3, 0.4) is 0 Å². The molecule has 0 spiro atoms. The van der Waals surface area contributed by atoms with Crippen LogP contribution in [0.5, 0.6) is 0 Å². The van der Waals surface area contributed by atoms with E-state index in [0.29, 0.717) is 12.1 Å². The molecule has 5 rings (SSSR count). The molecule has 0 aromatic carbocycles. The van der Waals surface area contributed by atoms with E-state index in [1.165, 1.54) is 12.8 Å². The zero-order chi connectivity index (χ0) is 19.1. The number of piperidine rings is 1. The Labute approximate surface area is 164 Å². The summed E-state index contributed by atoms with van der Waals surface area (Å²) in [5.41, 5.74) is 0.832. The molecule has 2 fully saturated rings. The van der Waals surface area contributed by atoms with Gasteiger partial charge >= 0.3 is 0 Å². The lowest BCUT2D eigenvalue weighted by atomic mass is 10.0. The van der Waals surface area contributed by atoms with Crippen LogP contribution in [0.15, 0.2) is 35.3 Å². The third-order valence-corrected chi connectivity index (χ3v) is 5.71. The molecule has 0 N–H and O–H groups in total. The topological polar surface area (TPSA) is 74.4 Å². The lowest BCUT2D eigenvalue weighted by Gasteiger charge is -2.39. The van der Waals surface area contributed by atoms with Crippen molar-refractivity contribution in [3.05, 3.63) is 30.9 Å². The summed E-state index contributed by atoms with van der Waals surface area (Å²) in [7, 11) is 4.03. The molecular formula is C20H25N7O. The number of rotatable bonds is 5. The summed E-state index contributed by atoms with van der Waals surface area (Å²) in [4.78, 5) is 15.8. The van der Waals surface area contributed by atoms with Crippen molar-refractivity contribution in [1.82, 2.24) is 20.2 Å². The summed E-state index contributed by atoms with van der Waals surface area (Å²) >= 11 is 0. The van der Waals surface area contributed by atoms with Crippen LogP contribution in [0.1, 0.15) is 25.7 Å². The third kappa shape index (κ3) is 3.12. The van der Waals surface area contributed by atoms with Gasteiger partial charge in [-0.15, -0.1) is 5.10 Å². The molecule has 1 aliphatic carbocycles. The second-order valence-corrected chi connectivity index (χ2v) is 7.86. The minimum atomic E-state index is 0.484. The fourth-order valence-electron chi connectivity index (χ4n) is 4.10. The van der Waals surface area contributed by atoms with E-state index in [4.69, 9.17) is 4.42 Å². The van der Waals surface area contributed by atoms with E-state index >= 15 is 0 Å². The average Bonchev–Trinajstić information content (AvgIpc) is 3.43. The number of nitrogens with zero attached hydrogens (tertiary/aromatic N) is 7. The number of anilines is 3. The number of hydrogen-bond donors (Lipinski definition) is 0. The van der Waals surface area contributed by atoms with Crippen LogP contribution in [0.4, 0.5) is 17.5 Å². The second kappa shape index (κ2) is 6.92. The fraction of sp³-hybridized carbons (Fsp3) is 0.500. The maximum Gasteiger partial charge on any atom is 0.195 e. The SMILES string of the molecule is CN(C)c1cc(N(C2CC2)C2CCN(c3nncc4ccoc34)CC2)ncn1. The molecule has 1 saturated heterocycles. The highest BCUT2D eigenvalue weighted by Crippen LogP contribution is 2.37. The van der Waals surface area contributed by atoms with Gasteiger partial charge in [-0.25, -0.2) is 9.97 Å². The van der Waals surface area contributed by atoms with E-state index < -0.39 is 0 Å². The summed E-state index contributed by atoms with van der Waals surface area (Å²) in [6.07, 6.45) is 9.77. The molecule has 28 heavy (non-hydrogen) atoms. The Morgan fingerprint density at radius 3 is 2.54 bits per heavy atom. The normalized spacial score (nSPS) is 17.9. The van der Waals surface area contributed by atoms with Gasteiger partial charge in [0.1, 0.15) is 18.0 Å².